The van der Waals surface area contributed by atoms with Crippen LogP contribution in [-0.4, -0.2) is 35.0 Å². The predicted octanol–water partition coefficient (Wildman–Crippen LogP) is 3.24. The Morgan fingerprint density at radius 1 is 1.15 bits per heavy atom. The number of carbonyl (C=O) groups is 2. The van der Waals surface area contributed by atoms with E-state index in [1.54, 1.807) is 29.9 Å². The second-order valence-corrected chi connectivity index (χ2v) is 8.02. The molecule has 5 heteroatoms. The monoisotopic (exact) mass is 368 g/mol. The number of amides is 1. The zero-order valence-corrected chi connectivity index (χ0v) is 16.3. The first-order chi connectivity index (χ1) is 12.8. The molecule has 0 bridgehead atoms. The molecular formula is C22H28N2O3. The molecule has 1 aromatic heterocycles. The average molecular weight is 368 g/mol. The molecule has 1 aliphatic rings. The van der Waals surface area contributed by atoms with E-state index in [0.717, 1.165) is 19.3 Å². The summed E-state index contributed by atoms with van der Waals surface area (Å²) in [4.78, 5) is 24.6. The van der Waals surface area contributed by atoms with Gasteiger partial charge in [-0.25, -0.2) is 0 Å². The standard InChI is InChI=1S/C22H28N2O3/c1-21(2)16-22(12-15-27-21,17-8-5-4-6-9-17)11-13-23-20(26)19(25)18-10-7-14-24(18)3/h4-10,14H,11-13,15-16H2,1-3H3,(H,23,26)/t22-/m0/s1. The summed E-state index contributed by atoms with van der Waals surface area (Å²) in [6, 6.07) is 13.8. The Morgan fingerprint density at radius 3 is 2.52 bits per heavy atom. The highest BCUT2D eigenvalue weighted by molar-refractivity contribution is 6.42. The second kappa shape index (κ2) is 7.69. The van der Waals surface area contributed by atoms with E-state index in [0.29, 0.717) is 18.8 Å². The summed E-state index contributed by atoms with van der Waals surface area (Å²) >= 11 is 0. The summed E-state index contributed by atoms with van der Waals surface area (Å²) < 4.78 is 7.59. The Morgan fingerprint density at radius 2 is 1.89 bits per heavy atom. The molecular weight excluding hydrogens is 340 g/mol. The topological polar surface area (TPSA) is 60.3 Å². The van der Waals surface area contributed by atoms with Crippen LogP contribution in [0.4, 0.5) is 0 Å². The molecule has 1 atom stereocenters. The van der Waals surface area contributed by atoms with Gasteiger partial charge in [-0.3, -0.25) is 9.59 Å². The number of carbonyl (C=O) groups excluding carboxylic acids is 2. The fourth-order valence-corrected chi connectivity index (χ4v) is 4.18. The maximum atomic E-state index is 12.3. The lowest BCUT2D eigenvalue weighted by Gasteiger charge is -2.45. The summed E-state index contributed by atoms with van der Waals surface area (Å²) in [5.41, 5.74) is 1.39. The number of nitrogens with zero attached hydrogens (tertiary/aromatic N) is 1. The molecule has 1 fully saturated rings. The Bertz CT molecular complexity index is 810. The lowest BCUT2D eigenvalue weighted by atomic mass is 9.67. The van der Waals surface area contributed by atoms with Crippen molar-refractivity contribution in [2.45, 2.75) is 44.1 Å². The lowest BCUT2D eigenvalue weighted by molar-refractivity contribution is -0.117. The van der Waals surface area contributed by atoms with Crippen LogP contribution in [0.25, 0.3) is 0 Å². The molecule has 0 unspecified atom stereocenters. The molecule has 1 aromatic carbocycles. The molecule has 5 nitrogen and oxygen atoms in total. The van der Waals surface area contributed by atoms with E-state index in [-0.39, 0.29) is 11.0 Å². The number of nitrogens with one attached hydrogen (secondary N) is 1. The van der Waals surface area contributed by atoms with Crippen LogP contribution >= 0.6 is 0 Å². The number of aromatic nitrogens is 1. The van der Waals surface area contributed by atoms with Gasteiger partial charge in [0.15, 0.2) is 0 Å². The molecule has 1 N–H and O–H groups in total. The molecule has 3 rings (SSSR count). The van der Waals surface area contributed by atoms with Crippen molar-refractivity contribution in [3.63, 3.8) is 0 Å². The third kappa shape index (κ3) is 4.30. The number of rotatable bonds is 6. The van der Waals surface area contributed by atoms with Crippen molar-refractivity contribution in [2.75, 3.05) is 13.2 Å². The highest BCUT2D eigenvalue weighted by atomic mass is 16.5. The number of hydrogen-bond donors (Lipinski definition) is 1. The van der Waals surface area contributed by atoms with Crippen LogP contribution in [0.15, 0.2) is 48.7 Å². The van der Waals surface area contributed by atoms with E-state index >= 15 is 0 Å². The Kier molecular flexibility index (Phi) is 5.51. The van der Waals surface area contributed by atoms with Crippen LogP contribution in [-0.2, 0) is 22.0 Å². The van der Waals surface area contributed by atoms with Gasteiger partial charge in [-0.05, 0) is 50.8 Å². The molecule has 0 spiro atoms. The molecule has 0 aliphatic carbocycles. The summed E-state index contributed by atoms with van der Waals surface area (Å²) in [6.07, 6.45) is 4.32. The van der Waals surface area contributed by atoms with E-state index in [4.69, 9.17) is 4.74 Å². The van der Waals surface area contributed by atoms with E-state index in [1.165, 1.54) is 5.56 Å². The zero-order valence-electron chi connectivity index (χ0n) is 16.3. The van der Waals surface area contributed by atoms with Gasteiger partial charge >= 0.3 is 0 Å². The molecule has 27 heavy (non-hydrogen) atoms. The number of ether oxygens (including phenoxy) is 1. The quantitative estimate of drug-likeness (QED) is 0.629. The molecule has 2 aromatic rings. The Balaban J connectivity index is 1.70. The van der Waals surface area contributed by atoms with Crippen molar-refractivity contribution in [3.8, 4) is 0 Å². The summed E-state index contributed by atoms with van der Waals surface area (Å²) in [7, 11) is 1.76. The average Bonchev–Trinajstić information content (AvgIpc) is 3.07. The molecule has 1 saturated heterocycles. The van der Waals surface area contributed by atoms with Crippen LogP contribution in [0.5, 0.6) is 0 Å². The number of ketones is 1. The molecule has 1 amide bonds. The van der Waals surface area contributed by atoms with Gasteiger partial charge < -0.3 is 14.6 Å². The van der Waals surface area contributed by atoms with Gasteiger partial charge in [0.1, 0.15) is 0 Å². The summed E-state index contributed by atoms with van der Waals surface area (Å²) in [6.45, 7) is 5.38. The van der Waals surface area contributed by atoms with Gasteiger partial charge in [-0.15, -0.1) is 0 Å². The normalized spacial score (nSPS) is 21.6. The minimum atomic E-state index is -0.550. The van der Waals surface area contributed by atoms with Crippen molar-refractivity contribution in [1.29, 1.82) is 0 Å². The SMILES string of the molecule is Cn1cccc1C(=O)C(=O)NCC[C@]1(c2ccccc2)CCOC(C)(C)C1. The largest absolute Gasteiger partial charge is 0.376 e. The second-order valence-electron chi connectivity index (χ2n) is 8.02. The predicted molar refractivity (Wildman–Crippen MR) is 105 cm³/mol. The van der Waals surface area contributed by atoms with Crippen molar-refractivity contribution < 1.29 is 14.3 Å². The third-order valence-electron chi connectivity index (χ3n) is 5.50. The van der Waals surface area contributed by atoms with Crippen LogP contribution < -0.4 is 5.32 Å². The molecule has 1 aliphatic heterocycles. The maximum Gasteiger partial charge on any atom is 0.293 e. The summed E-state index contributed by atoms with van der Waals surface area (Å²) in [5.74, 6) is -1.05. The van der Waals surface area contributed by atoms with Gasteiger partial charge in [0.25, 0.3) is 11.7 Å². The van der Waals surface area contributed by atoms with Crippen LogP contribution in [0.3, 0.4) is 0 Å². The van der Waals surface area contributed by atoms with Crippen molar-refractivity contribution in [2.24, 2.45) is 7.05 Å². The highest BCUT2D eigenvalue weighted by Crippen LogP contribution is 2.43. The van der Waals surface area contributed by atoms with Crippen molar-refractivity contribution in [1.82, 2.24) is 9.88 Å². The Labute approximate surface area is 160 Å². The Hall–Kier alpha value is -2.40. The number of benzene rings is 1. The zero-order chi connectivity index (χ0) is 19.5. The fourth-order valence-electron chi connectivity index (χ4n) is 4.18. The maximum absolute atomic E-state index is 12.3. The number of Topliss-reactive ketones (excluding diaryl/α,β-unsaturated/α-hetero) is 1. The molecule has 0 radical (unpaired) electrons. The first-order valence-corrected chi connectivity index (χ1v) is 9.46. The molecule has 2 heterocycles. The number of hydrogen-bond acceptors (Lipinski definition) is 3. The van der Waals surface area contributed by atoms with E-state index in [2.05, 4.69) is 43.4 Å². The van der Waals surface area contributed by atoms with Crippen molar-refractivity contribution in [3.05, 3.63) is 59.9 Å². The molecule has 144 valence electrons. The minimum absolute atomic E-state index is 0.0652. The highest BCUT2D eigenvalue weighted by Gasteiger charge is 2.41. The van der Waals surface area contributed by atoms with E-state index < -0.39 is 11.7 Å². The van der Waals surface area contributed by atoms with Gasteiger partial charge in [0.05, 0.1) is 11.3 Å². The lowest BCUT2D eigenvalue weighted by Crippen LogP contribution is -2.46. The first kappa shape index (κ1) is 19.4. The van der Waals surface area contributed by atoms with Gasteiger partial charge in [-0.2, -0.15) is 0 Å². The minimum Gasteiger partial charge on any atom is -0.376 e. The van der Waals surface area contributed by atoms with E-state index in [1.807, 2.05) is 6.07 Å². The van der Waals surface area contributed by atoms with Crippen LogP contribution in [0, 0.1) is 0 Å². The van der Waals surface area contributed by atoms with Gasteiger partial charge in [0, 0.05) is 31.8 Å². The van der Waals surface area contributed by atoms with Gasteiger partial charge in [0.2, 0.25) is 0 Å². The summed E-state index contributed by atoms with van der Waals surface area (Å²) in [5, 5.41) is 2.82. The molecule has 0 saturated carbocycles. The van der Waals surface area contributed by atoms with E-state index in [9.17, 15) is 9.59 Å². The van der Waals surface area contributed by atoms with Crippen LogP contribution in [0.2, 0.25) is 0 Å². The van der Waals surface area contributed by atoms with Crippen LogP contribution in [0.1, 0.15) is 49.2 Å². The third-order valence-corrected chi connectivity index (χ3v) is 5.50. The number of aryl methyl sites for hydroxylation is 1. The smallest absolute Gasteiger partial charge is 0.293 e. The van der Waals surface area contributed by atoms with Gasteiger partial charge in [-0.1, -0.05) is 30.3 Å². The first-order valence-electron chi connectivity index (χ1n) is 9.46. The van der Waals surface area contributed by atoms with Crippen molar-refractivity contribution >= 4 is 11.7 Å². The fraction of sp³-hybridized carbons (Fsp3) is 0.455.